The molecule has 6 heteroatoms. The summed E-state index contributed by atoms with van der Waals surface area (Å²) < 4.78 is 1.79. The minimum absolute atomic E-state index is 0.711. The fraction of sp³-hybridized carbons (Fsp3) is 0.231. The van der Waals surface area contributed by atoms with Crippen LogP contribution in [0.4, 0.5) is 0 Å². The molecule has 0 aliphatic carbocycles. The van der Waals surface area contributed by atoms with Crippen molar-refractivity contribution < 1.29 is 0 Å². The van der Waals surface area contributed by atoms with Crippen molar-refractivity contribution in [2.24, 2.45) is 0 Å². The van der Waals surface area contributed by atoms with Gasteiger partial charge < -0.3 is 10.3 Å². The molecule has 0 bridgehead atoms. The highest BCUT2D eigenvalue weighted by atomic mass is 35.5. The van der Waals surface area contributed by atoms with E-state index < -0.39 is 0 Å². The predicted molar refractivity (Wildman–Crippen MR) is 75.0 cm³/mol. The van der Waals surface area contributed by atoms with Gasteiger partial charge in [-0.2, -0.15) is 0 Å². The van der Waals surface area contributed by atoms with Crippen molar-refractivity contribution in [3.8, 4) is 0 Å². The van der Waals surface area contributed by atoms with Crippen LogP contribution in [0, 0.1) is 0 Å². The molecule has 98 valence electrons. The van der Waals surface area contributed by atoms with E-state index in [-0.39, 0.29) is 0 Å². The van der Waals surface area contributed by atoms with E-state index >= 15 is 0 Å². The maximum atomic E-state index is 6.34. The molecule has 0 atom stereocenters. The third-order valence-electron chi connectivity index (χ3n) is 3.01. The third kappa shape index (κ3) is 2.62. The molecule has 0 amide bonds. The van der Waals surface area contributed by atoms with Gasteiger partial charge in [0, 0.05) is 35.9 Å². The largest absolute Gasteiger partial charge is 0.356 e. The maximum Gasteiger partial charge on any atom is 0.0705 e. The Morgan fingerprint density at radius 2 is 2.21 bits per heavy atom. The van der Waals surface area contributed by atoms with Crippen molar-refractivity contribution in [1.82, 2.24) is 25.3 Å². The highest BCUT2D eigenvalue weighted by Gasteiger charge is 2.07. The standard InChI is InChI=1S/C13H14ClN5/c14-13-10-3-1-2-4-11(10)17-12(13)9-15-5-7-19-8-6-16-18-19/h1-4,6,8,15,17H,5,7,9H2. The van der Waals surface area contributed by atoms with Crippen molar-refractivity contribution in [2.45, 2.75) is 13.1 Å². The van der Waals surface area contributed by atoms with E-state index in [1.54, 1.807) is 10.9 Å². The summed E-state index contributed by atoms with van der Waals surface area (Å²) >= 11 is 6.34. The lowest BCUT2D eigenvalue weighted by atomic mass is 10.2. The number of hydrogen-bond donors (Lipinski definition) is 2. The Bertz CT molecular complexity index is 659. The molecule has 1 aromatic carbocycles. The van der Waals surface area contributed by atoms with E-state index in [4.69, 9.17) is 11.6 Å². The Kier molecular flexibility index (Phi) is 3.48. The van der Waals surface area contributed by atoms with Crippen LogP contribution >= 0.6 is 11.6 Å². The predicted octanol–water partition coefficient (Wildman–Crippen LogP) is 2.20. The zero-order valence-corrected chi connectivity index (χ0v) is 11.1. The molecule has 0 spiro atoms. The SMILES string of the molecule is Clc1c(CNCCn2ccnn2)[nH]c2ccccc12. The normalized spacial score (nSPS) is 11.2. The van der Waals surface area contributed by atoms with E-state index in [2.05, 4.69) is 20.6 Å². The lowest BCUT2D eigenvalue weighted by Crippen LogP contribution is -2.20. The molecule has 2 N–H and O–H groups in total. The van der Waals surface area contributed by atoms with Crippen molar-refractivity contribution in [3.63, 3.8) is 0 Å². The van der Waals surface area contributed by atoms with Crippen molar-refractivity contribution >= 4 is 22.5 Å². The second-order valence-corrected chi connectivity index (χ2v) is 4.68. The van der Waals surface area contributed by atoms with Gasteiger partial charge in [-0.3, -0.25) is 4.68 Å². The number of H-pyrrole nitrogens is 1. The Morgan fingerprint density at radius 3 is 3.00 bits per heavy atom. The number of fused-ring (bicyclic) bond motifs is 1. The zero-order valence-electron chi connectivity index (χ0n) is 10.3. The number of rotatable bonds is 5. The summed E-state index contributed by atoms with van der Waals surface area (Å²) in [6.07, 6.45) is 3.52. The molecule has 0 saturated heterocycles. The van der Waals surface area contributed by atoms with E-state index in [0.29, 0.717) is 6.54 Å². The van der Waals surface area contributed by atoms with Gasteiger partial charge in [0.05, 0.1) is 17.8 Å². The van der Waals surface area contributed by atoms with Gasteiger partial charge in [0.2, 0.25) is 0 Å². The first-order chi connectivity index (χ1) is 9.34. The van der Waals surface area contributed by atoms with Gasteiger partial charge in [-0.25, -0.2) is 0 Å². The number of para-hydroxylation sites is 1. The Hall–Kier alpha value is -1.85. The van der Waals surface area contributed by atoms with Crippen LogP contribution in [0.5, 0.6) is 0 Å². The summed E-state index contributed by atoms with van der Waals surface area (Å²) in [7, 11) is 0. The molecule has 0 radical (unpaired) electrons. The second-order valence-electron chi connectivity index (χ2n) is 4.31. The first kappa shape index (κ1) is 12.2. The Balaban J connectivity index is 1.61. The van der Waals surface area contributed by atoms with Crippen molar-refractivity contribution in [2.75, 3.05) is 6.54 Å². The average molecular weight is 276 g/mol. The van der Waals surface area contributed by atoms with Crippen LogP contribution in [0.1, 0.15) is 5.69 Å². The summed E-state index contributed by atoms with van der Waals surface area (Å²) in [5, 5.41) is 12.9. The van der Waals surface area contributed by atoms with Crippen LogP contribution in [0.15, 0.2) is 36.7 Å². The third-order valence-corrected chi connectivity index (χ3v) is 3.44. The van der Waals surface area contributed by atoms with Gasteiger partial charge >= 0.3 is 0 Å². The van der Waals surface area contributed by atoms with E-state index in [1.807, 2.05) is 30.5 Å². The lowest BCUT2D eigenvalue weighted by molar-refractivity contribution is 0.538. The molecule has 2 heterocycles. The smallest absolute Gasteiger partial charge is 0.0705 e. The fourth-order valence-electron chi connectivity index (χ4n) is 2.04. The molecule has 0 saturated carbocycles. The van der Waals surface area contributed by atoms with Crippen LogP contribution in [-0.2, 0) is 13.1 Å². The Labute approximate surface area is 115 Å². The van der Waals surface area contributed by atoms with Crippen molar-refractivity contribution in [1.29, 1.82) is 0 Å². The number of nitrogens with zero attached hydrogens (tertiary/aromatic N) is 3. The van der Waals surface area contributed by atoms with E-state index in [0.717, 1.165) is 34.7 Å². The first-order valence-corrected chi connectivity index (χ1v) is 6.52. The summed E-state index contributed by atoms with van der Waals surface area (Å²) in [4.78, 5) is 3.33. The van der Waals surface area contributed by atoms with Gasteiger partial charge in [-0.15, -0.1) is 5.10 Å². The van der Waals surface area contributed by atoms with Crippen LogP contribution in [0.2, 0.25) is 5.02 Å². The lowest BCUT2D eigenvalue weighted by Gasteiger charge is -2.03. The number of hydrogen-bond acceptors (Lipinski definition) is 3. The van der Waals surface area contributed by atoms with Crippen LogP contribution in [0.25, 0.3) is 10.9 Å². The van der Waals surface area contributed by atoms with Crippen LogP contribution < -0.4 is 5.32 Å². The van der Waals surface area contributed by atoms with Gasteiger partial charge in [0.1, 0.15) is 0 Å². The maximum absolute atomic E-state index is 6.34. The van der Waals surface area contributed by atoms with E-state index in [1.165, 1.54) is 0 Å². The molecule has 2 aromatic heterocycles. The monoisotopic (exact) mass is 275 g/mol. The molecule has 0 unspecified atom stereocenters. The minimum atomic E-state index is 0.711. The minimum Gasteiger partial charge on any atom is -0.356 e. The van der Waals surface area contributed by atoms with Crippen LogP contribution in [0.3, 0.4) is 0 Å². The number of halogens is 1. The van der Waals surface area contributed by atoms with Gasteiger partial charge in [0.25, 0.3) is 0 Å². The quantitative estimate of drug-likeness (QED) is 0.702. The summed E-state index contributed by atoms with van der Waals surface area (Å²) in [5.41, 5.74) is 2.09. The average Bonchev–Trinajstić information content (AvgIpc) is 3.04. The topological polar surface area (TPSA) is 58.5 Å². The summed E-state index contributed by atoms with van der Waals surface area (Å²) in [6, 6.07) is 8.04. The van der Waals surface area contributed by atoms with Crippen molar-refractivity contribution in [3.05, 3.63) is 47.4 Å². The van der Waals surface area contributed by atoms with E-state index in [9.17, 15) is 0 Å². The van der Waals surface area contributed by atoms with Gasteiger partial charge in [0.15, 0.2) is 0 Å². The van der Waals surface area contributed by atoms with Gasteiger partial charge in [-0.1, -0.05) is 35.0 Å². The molecule has 19 heavy (non-hydrogen) atoms. The molecule has 5 nitrogen and oxygen atoms in total. The van der Waals surface area contributed by atoms with Gasteiger partial charge in [-0.05, 0) is 6.07 Å². The highest BCUT2D eigenvalue weighted by Crippen LogP contribution is 2.26. The highest BCUT2D eigenvalue weighted by molar-refractivity contribution is 6.36. The molecular weight excluding hydrogens is 262 g/mol. The summed E-state index contributed by atoms with van der Waals surface area (Å²) in [5.74, 6) is 0. The number of aromatic nitrogens is 4. The van der Waals surface area contributed by atoms with Crippen LogP contribution in [-0.4, -0.2) is 26.5 Å². The Morgan fingerprint density at radius 1 is 1.32 bits per heavy atom. The molecule has 3 rings (SSSR count). The molecule has 0 fully saturated rings. The second kappa shape index (κ2) is 5.42. The molecule has 0 aliphatic rings. The fourth-order valence-corrected chi connectivity index (χ4v) is 2.32. The first-order valence-electron chi connectivity index (χ1n) is 6.14. The molecule has 3 aromatic rings. The number of nitrogens with one attached hydrogen (secondary N) is 2. The molecular formula is C13H14ClN5. The number of benzene rings is 1. The molecule has 0 aliphatic heterocycles. The summed E-state index contributed by atoms with van der Waals surface area (Å²) in [6.45, 7) is 2.31. The zero-order chi connectivity index (χ0) is 13.1. The number of aromatic amines is 1.